The smallest absolute Gasteiger partial charge is 0.327 e. The van der Waals surface area contributed by atoms with E-state index in [1.165, 1.54) is 13.8 Å². The number of primary amides is 1. The van der Waals surface area contributed by atoms with Gasteiger partial charge >= 0.3 is 11.9 Å². The van der Waals surface area contributed by atoms with Crippen LogP contribution in [0.3, 0.4) is 0 Å². The summed E-state index contributed by atoms with van der Waals surface area (Å²) in [6, 6.07) is -16.7. The summed E-state index contributed by atoms with van der Waals surface area (Å²) in [5.74, 6) is -16.6. The fourth-order valence-corrected chi connectivity index (χ4v) is 8.89. The zero-order valence-corrected chi connectivity index (χ0v) is 51.1. The maximum Gasteiger partial charge on any atom is 0.327 e. The number of nitrogens with zero attached hydrogens (tertiary/aromatic N) is 1. The van der Waals surface area contributed by atoms with E-state index >= 15 is 0 Å². The average Bonchev–Trinajstić information content (AvgIpc) is 4.09. The Morgan fingerprint density at radius 3 is 1.39 bits per heavy atom. The minimum Gasteiger partial charge on any atom is -0.481 e. The first kappa shape index (κ1) is 75.1. The van der Waals surface area contributed by atoms with Crippen LogP contribution in [0.1, 0.15) is 66.2 Å². The summed E-state index contributed by atoms with van der Waals surface area (Å²) in [7, 11) is 0. The summed E-state index contributed by atoms with van der Waals surface area (Å²) >= 11 is 24.3. The zero-order valence-electron chi connectivity index (χ0n) is 45.7. The minimum absolute atomic E-state index is 0.0490. The molecule has 83 heavy (non-hydrogen) atoms. The predicted molar refractivity (Wildman–Crippen MR) is 317 cm³/mol. The van der Waals surface area contributed by atoms with E-state index in [1.54, 1.807) is 13.8 Å². The Bertz CT molecular complexity index is 2370. The molecule has 0 bridgehead atoms. The van der Waals surface area contributed by atoms with Gasteiger partial charge in [0, 0.05) is 47.5 Å². The van der Waals surface area contributed by atoms with E-state index < -0.39 is 193 Å². The highest BCUT2D eigenvalue weighted by atomic mass is 32.1. The molecule has 31 nitrogen and oxygen atoms in total. The molecule has 1 fully saturated rings. The summed E-state index contributed by atoms with van der Waals surface area (Å²) in [4.78, 5) is 195. The van der Waals surface area contributed by atoms with Crippen LogP contribution >= 0.6 is 75.8 Å². The number of hydrogen-bond donors (Lipinski definition) is 21. The number of carbonyl (C=O) groups is 15. The summed E-state index contributed by atoms with van der Waals surface area (Å²) in [5, 5.41) is 44.4. The van der Waals surface area contributed by atoms with Crippen molar-refractivity contribution >= 4 is 165 Å². The van der Waals surface area contributed by atoms with Crippen LogP contribution in [-0.4, -0.2) is 224 Å². The molecule has 0 unspecified atom stereocenters. The first-order valence-corrected chi connectivity index (χ1v) is 29.4. The number of nitrogens with one attached hydrogen (secondary N) is 11. The second kappa shape index (κ2) is 38.1. The lowest BCUT2D eigenvalue weighted by molar-refractivity contribution is -0.143. The summed E-state index contributed by atoms with van der Waals surface area (Å²) in [6.45, 7) is 5.24. The molecule has 1 aliphatic heterocycles. The molecule has 0 aliphatic carbocycles. The quantitative estimate of drug-likeness (QED) is 0.0257. The normalized spacial score (nSPS) is 16.8. The SMILES string of the molecule is CC(C)C[C@H](NC(=O)[C@H](CCC(=O)O)NC(=O)[C@H](CS)NC(=O)[C@@H](N)CS)C(=O)N[C@@H](CS)C(=O)N[C@@H](CS)C(=O)N[C@@H](CC(N)=O)C(=O)N1CCC[C@H]1C(=O)N[C@@H](C)C(=O)N[C@H](CS)C(=O)N[C@@H](C)C(=O)NCC(=O)N[C@@H](CS)C(=O)O. The van der Waals surface area contributed by atoms with Crippen LogP contribution in [0.15, 0.2) is 0 Å². The van der Waals surface area contributed by atoms with Crippen LogP contribution < -0.4 is 70.0 Å². The fraction of sp³-hybridized carbons (Fsp3) is 0.674. The number of likely N-dealkylation sites (tertiary alicyclic amines) is 1. The van der Waals surface area contributed by atoms with Crippen molar-refractivity contribution < 1.29 is 82.1 Å². The number of nitrogens with two attached hydrogens (primary N) is 2. The molecular weight excluding hydrogens is 1210 g/mol. The van der Waals surface area contributed by atoms with Gasteiger partial charge in [0.25, 0.3) is 0 Å². The van der Waals surface area contributed by atoms with Gasteiger partial charge in [-0.25, -0.2) is 4.79 Å². The van der Waals surface area contributed by atoms with Gasteiger partial charge in [-0.15, -0.1) is 0 Å². The molecule has 13 amide bonds. The van der Waals surface area contributed by atoms with Gasteiger partial charge in [-0.3, -0.25) is 67.1 Å². The Balaban J connectivity index is 3.13. The van der Waals surface area contributed by atoms with Crippen molar-refractivity contribution in [2.45, 2.75) is 139 Å². The standard InChI is InChI=1S/C46H76N14O17S6/c1-19(2)10-24(54-38(68)23(7-8-34(63)64)53-41(71)27(15-80)57-37(67)22(47)13-78)39(69)58-29(17-82)43(73)59-28(16-81)42(72)55-25(11-32(48)61)45(75)60-9-5-6-31(60)44(74)51-21(4)36(66)56-26(14-79)40(70)50-20(3)35(65)49-12-33(62)52-30(18-83)46(76)77/h19-31,78-83H,5-18,47H2,1-4H3,(H2,48,61)(H,49,65)(H,50,70)(H,51,74)(H,52,62)(H,53,71)(H,54,68)(H,55,72)(H,56,66)(H,57,67)(H,58,69)(H,59,73)(H,63,64)(H,76,77)/t20-,21-,22-,23-,24-,25-,26+,27-,28-,29-,30-,31-/m0/s1. The Morgan fingerprint density at radius 2 is 0.928 bits per heavy atom. The number of thiol groups is 6. The molecule has 1 saturated heterocycles. The van der Waals surface area contributed by atoms with Crippen molar-refractivity contribution in [3.8, 4) is 0 Å². The molecule has 0 spiro atoms. The highest BCUT2D eigenvalue weighted by Crippen LogP contribution is 2.20. The third-order valence-corrected chi connectivity index (χ3v) is 14.2. The summed E-state index contributed by atoms with van der Waals surface area (Å²) in [6.07, 6.45) is -1.59. The van der Waals surface area contributed by atoms with E-state index in [2.05, 4.69) is 134 Å². The second-order valence-electron chi connectivity index (χ2n) is 19.2. The van der Waals surface area contributed by atoms with Gasteiger partial charge in [-0.05, 0) is 45.4 Å². The zero-order chi connectivity index (χ0) is 63.4. The van der Waals surface area contributed by atoms with Crippen LogP contribution in [-0.2, 0) is 71.9 Å². The fourth-order valence-electron chi connectivity index (χ4n) is 7.45. The largest absolute Gasteiger partial charge is 0.481 e. The monoisotopic (exact) mass is 1290 g/mol. The molecule has 1 heterocycles. The second-order valence-corrected chi connectivity index (χ2v) is 21.4. The van der Waals surface area contributed by atoms with Gasteiger partial charge < -0.3 is 85.1 Å². The van der Waals surface area contributed by atoms with Gasteiger partial charge in [-0.1, -0.05) is 13.8 Å². The molecule has 17 N–H and O–H groups in total. The molecule has 0 radical (unpaired) electrons. The third kappa shape index (κ3) is 26.3. The molecule has 0 aromatic heterocycles. The summed E-state index contributed by atoms with van der Waals surface area (Å²) in [5.41, 5.74) is 11.1. The number of hydrogen-bond acceptors (Lipinski definition) is 22. The van der Waals surface area contributed by atoms with Crippen LogP contribution in [0.4, 0.5) is 0 Å². The van der Waals surface area contributed by atoms with E-state index in [0.29, 0.717) is 0 Å². The van der Waals surface area contributed by atoms with Gasteiger partial charge in [0.1, 0.15) is 66.5 Å². The molecule has 1 aliphatic rings. The average molecular weight is 1290 g/mol. The molecular formula is C46H76N14O17S6. The predicted octanol–water partition coefficient (Wildman–Crippen LogP) is -7.24. The molecule has 37 heteroatoms. The van der Waals surface area contributed by atoms with Gasteiger partial charge in [0.05, 0.1) is 19.0 Å². The lowest BCUT2D eigenvalue weighted by Crippen LogP contribution is -2.61. The first-order valence-electron chi connectivity index (χ1n) is 25.6. The molecule has 0 aromatic carbocycles. The molecule has 0 saturated carbocycles. The van der Waals surface area contributed by atoms with Crippen LogP contribution in [0, 0.1) is 5.92 Å². The number of aliphatic carboxylic acids is 2. The van der Waals surface area contributed by atoms with E-state index in [-0.39, 0.29) is 60.5 Å². The Labute approximate surface area is 511 Å². The maximum absolute atomic E-state index is 14.1. The van der Waals surface area contributed by atoms with Crippen molar-refractivity contribution in [2.24, 2.45) is 17.4 Å². The van der Waals surface area contributed by atoms with Crippen LogP contribution in [0.2, 0.25) is 0 Å². The van der Waals surface area contributed by atoms with E-state index in [4.69, 9.17) is 16.6 Å². The van der Waals surface area contributed by atoms with E-state index in [1.807, 2.05) is 0 Å². The highest BCUT2D eigenvalue weighted by Gasteiger charge is 2.41. The summed E-state index contributed by atoms with van der Waals surface area (Å²) < 4.78 is 0. The van der Waals surface area contributed by atoms with Crippen molar-refractivity contribution in [2.75, 3.05) is 47.6 Å². The Kier molecular flexibility index (Phi) is 34.5. The van der Waals surface area contributed by atoms with Gasteiger partial charge in [-0.2, -0.15) is 75.8 Å². The molecule has 1 rings (SSSR count). The number of carboxylic acid groups (broad SMARTS) is 2. The lowest BCUT2D eigenvalue weighted by Gasteiger charge is -2.30. The number of amides is 13. The first-order chi connectivity index (χ1) is 38.9. The topological polar surface area (TPSA) is 484 Å². The van der Waals surface area contributed by atoms with Crippen LogP contribution in [0.25, 0.3) is 0 Å². The number of carboxylic acids is 2. The Hall–Kier alpha value is -5.89. The number of carbonyl (C=O) groups excluding carboxylic acids is 13. The maximum atomic E-state index is 14.1. The van der Waals surface area contributed by atoms with Crippen molar-refractivity contribution in [3.63, 3.8) is 0 Å². The lowest BCUT2D eigenvalue weighted by atomic mass is 10.0. The third-order valence-electron chi connectivity index (χ3n) is 12.0. The minimum atomic E-state index is -1.71. The van der Waals surface area contributed by atoms with E-state index in [9.17, 15) is 77.0 Å². The van der Waals surface area contributed by atoms with Crippen molar-refractivity contribution in [1.29, 1.82) is 0 Å². The van der Waals surface area contributed by atoms with Crippen molar-refractivity contribution in [3.05, 3.63) is 0 Å². The molecule has 0 aromatic rings. The highest BCUT2D eigenvalue weighted by molar-refractivity contribution is 7.81. The molecule has 468 valence electrons. The van der Waals surface area contributed by atoms with Gasteiger partial charge in [0.15, 0.2) is 0 Å². The van der Waals surface area contributed by atoms with Crippen LogP contribution in [0.5, 0.6) is 0 Å². The Morgan fingerprint density at radius 1 is 0.506 bits per heavy atom. The van der Waals surface area contributed by atoms with Crippen molar-refractivity contribution in [1.82, 2.24) is 63.4 Å². The van der Waals surface area contributed by atoms with E-state index in [0.717, 1.165) is 4.90 Å². The van der Waals surface area contributed by atoms with Gasteiger partial charge in [0.2, 0.25) is 76.8 Å². The molecule has 12 atom stereocenters. The number of rotatable bonds is 37.